The van der Waals surface area contributed by atoms with Gasteiger partial charge in [0.1, 0.15) is 0 Å². The number of likely N-dealkylation sites (N-methyl/N-ethyl adjacent to an activating group) is 1. The third-order valence-corrected chi connectivity index (χ3v) is 5.80. The van der Waals surface area contributed by atoms with E-state index >= 15 is 0 Å². The maximum absolute atomic E-state index is 12.8. The molecule has 2 amide bonds. The van der Waals surface area contributed by atoms with Crippen LogP contribution in [0.25, 0.3) is 5.69 Å². The first-order valence-electron chi connectivity index (χ1n) is 10.0. The molecule has 0 aliphatic heterocycles. The Kier molecular flexibility index (Phi) is 7.41. The molecule has 1 aromatic heterocycles. The van der Waals surface area contributed by atoms with Gasteiger partial charge < -0.3 is 10.2 Å². The summed E-state index contributed by atoms with van der Waals surface area (Å²) in [4.78, 5) is 26.7. The van der Waals surface area contributed by atoms with Crippen LogP contribution >= 0.6 is 11.8 Å². The molecule has 1 heterocycles. The predicted molar refractivity (Wildman–Crippen MR) is 121 cm³/mol. The quantitative estimate of drug-likeness (QED) is 0.543. The maximum atomic E-state index is 12.8. The van der Waals surface area contributed by atoms with Crippen LogP contribution in [0, 0.1) is 6.92 Å². The van der Waals surface area contributed by atoms with Crippen LogP contribution in [0.2, 0.25) is 0 Å². The minimum absolute atomic E-state index is 0.0370. The van der Waals surface area contributed by atoms with Gasteiger partial charge in [-0.15, -0.1) is 5.10 Å². The number of thioether (sulfide) groups is 1. The Hall–Kier alpha value is -3.20. The third-order valence-electron chi connectivity index (χ3n) is 4.78. The summed E-state index contributed by atoms with van der Waals surface area (Å²) in [5, 5.41) is 14.8. The number of carbonyl (C=O) groups is 2. The lowest BCUT2D eigenvalue weighted by Gasteiger charge is -2.20. The van der Waals surface area contributed by atoms with Crippen molar-refractivity contribution in [1.82, 2.24) is 25.1 Å². The van der Waals surface area contributed by atoms with E-state index < -0.39 is 5.25 Å². The summed E-state index contributed by atoms with van der Waals surface area (Å²) in [6.07, 6.45) is 0.814. The number of nitrogens with one attached hydrogen (secondary N) is 1. The van der Waals surface area contributed by atoms with Crippen molar-refractivity contribution < 1.29 is 9.59 Å². The summed E-state index contributed by atoms with van der Waals surface area (Å²) in [5.74, 6) is -0.416. The molecule has 0 spiro atoms. The Morgan fingerprint density at radius 3 is 2.58 bits per heavy atom. The number of hydrogen-bond acceptors (Lipinski definition) is 6. The molecule has 2 aromatic carbocycles. The fraction of sp³-hybridized carbons (Fsp3) is 0.318. The second-order valence-electron chi connectivity index (χ2n) is 7.22. The van der Waals surface area contributed by atoms with Crippen molar-refractivity contribution in [3.63, 3.8) is 0 Å². The number of benzene rings is 2. The fourth-order valence-electron chi connectivity index (χ4n) is 3.05. The highest BCUT2D eigenvalue weighted by Crippen LogP contribution is 2.24. The molecule has 0 fully saturated rings. The molecule has 1 atom stereocenters. The van der Waals surface area contributed by atoms with E-state index in [0.717, 1.165) is 28.9 Å². The number of rotatable bonds is 8. The molecule has 0 saturated heterocycles. The molecule has 0 radical (unpaired) electrons. The van der Waals surface area contributed by atoms with E-state index in [0.29, 0.717) is 5.16 Å². The number of nitrogens with zero attached hydrogens (tertiary/aromatic N) is 5. The second kappa shape index (κ2) is 10.2. The number of hydrogen-bond donors (Lipinski definition) is 1. The zero-order valence-electron chi connectivity index (χ0n) is 18.1. The normalized spacial score (nSPS) is 11.7. The predicted octanol–water partition coefficient (Wildman–Crippen LogP) is 3.11. The van der Waals surface area contributed by atoms with Crippen molar-refractivity contribution in [3.05, 3.63) is 59.7 Å². The summed E-state index contributed by atoms with van der Waals surface area (Å²) in [5.41, 5.74) is 3.78. The molecule has 0 aliphatic carbocycles. The molecule has 8 nitrogen and oxygen atoms in total. The first-order valence-corrected chi connectivity index (χ1v) is 10.9. The van der Waals surface area contributed by atoms with Gasteiger partial charge in [0.15, 0.2) is 0 Å². The summed E-state index contributed by atoms with van der Waals surface area (Å²) in [6.45, 7) is 5.78. The van der Waals surface area contributed by atoms with Crippen LogP contribution in [0.3, 0.4) is 0 Å². The van der Waals surface area contributed by atoms with Gasteiger partial charge in [-0.2, -0.15) is 4.68 Å². The summed E-state index contributed by atoms with van der Waals surface area (Å²) >= 11 is 1.25. The van der Waals surface area contributed by atoms with Crippen LogP contribution in [0.5, 0.6) is 0 Å². The van der Waals surface area contributed by atoms with Crippen molar-refractivity contribution in [1.29, 1.82) is 0 Å². The third kappa shape index (κ3) is 5.69. The first kappa shape index (κ1) is 22.5. The van der Waals surface area contributed by atoms with E-state index in [1.807, 2.05) is 62.4 Å². The molecule has 0 aliphatic rings. The number of para-hydroxylation sites is 1. The number of carbonyl (C=O) groups excluding carboxylic acids is 2. The molecule has 3 aromatic rings. The van der Waals surface area contributed by atoms with Crippen LogP contribution in [-0.4, -0.2) is 55.8 Å². The van der Waals surface area contributed by atoms with Crippen LogP contribution in [0.4, 0.5) is 5.69 Å². The number of anilines is 1. The van der Waals surface area contributed by atoms with Gasteiger partial charge in [-0.1, -0.05) is 54.6 Å². The highest BCUT2D eigenvalue weighted by Gasteiger charge is 2.23. The lowest BCUT2D eigenvalue weighted by Crippen LogP contribution is -2.39. The van der Waals surface area contributed by atoms with E-state index in [-0.39, 0.29) is 18.4 Å². The Morgan fingerprint density at radius 1 is 1.16 bits per heavy atom. The van der Waals surface area contributed by atoms with E-state index in [1.54, 1.807) is 18.7 Å². The van der Waals surface area contributed by atoms with E-state index in [1.165, 1.54) is 16.7 Å². The first-order chi connectivity index (χ1) is 14.9. The molecule has 1 N–H and O–H groups in total. The van der Waals surface area contributed by atoms with Gasteiger partial charge in [-0.05, 0) is 54.5 Å². The molecule has 1 unspecified atom stereocenters. The van der Waals surface area contributed by atoms with Crippen molar-refractivity contribution >= 4 is 29.3 Å². The minimum Gasteiger partial charge on any atom is -0.335 e. The lowest BCUT2D eigenvalue weighted by molar-refractivity contribution is -0.132. The monoisotopic (exact) mass is 438 g/mol. The van der Waals surface area contributed by atoms with E-state index in [9.17, 15) is 9.59 Å². The highest BCUT2D eigenvalue weighted by atomic mass is 32.2. The van der Waals surface area contributed by atoms with Crippen molar-refractivity contribution in [3.8, 4) is 5.69 Å². The number of amides is 2. The van der Waals surface area contributed by atoms with Gasteiger partial charge in [-0.3, -0.25) is 9.59 Å². The minimum atomic E-state index is -0.462. The number of aromatic nitrogens is 4. The molecular formula is C22H26N6O2S. The summed E-state index contributed by atoms with van der Waals surface area (Å²) in [7, 11) is 1.62. The summed E-state index contributed by atoms with van der Waals surface area (Å²) < 4.78 is 1.60. The van der Waals surface area contributed by atoms with Gasteiger partial charge in [0.25, 0.3) is 0 Å². The Labute approximate surface area is 186 Å². The van der Waals surface area contributed by atoms with Crippen LogP contribution in [0.15, 0.2) is 53.7 Å². The Balaban J connectivity index is 1.61. The van der Waals surface area contributed by atoms with Gasteiger partial charge in [0.2, 0.25) is 17.0 Å². The van der Waals surface area contributed by atoms with Gasteiger partial charge in [0.05, 0.1) is 17.5 Å². The SMILES string of the molecule is CCc1ccccc1NC(=O)CN(C)C(=O)C(C)Sc1nnnn1-c1ccc(C)cc1. The average Bonchev–Trinajstić information content (AvgIpc) is 3.22. The molecule has 31 heavy (non-hydrogen) atoms. The van der Waals surface area contributed by atoms with Crippen molar-refractivity contribution in [2.45, 2.75) is 37.6 Å². The average molecular weight is 439 g/mol. The van der Waals surface area contributed by atoms with Crippen LogP contribution < -0.4 is 5.32 Å². The number of tetrazole rings is 1. The Bertz CT molecular complexity index is 1050. The van der Waals surface area contributed by atoms with Gasteiger partial charge >= 0.3 is 0 Å². The lowest BCUT2D eigenvalue weighted by atomic mass is 10.1. The largest absolute Gasteiger partial charge is 0.335 e. The molecule has 9 heteroatoms. The topological polar surface area (TPSA) is 93.0 Å². The smallest absolute Gasteiger partial charge is 0.243 e. The maximum Gasteiger partial charge on any atom is 0.243 e. The molecule has 0 bridgehead atoms. The van der Waals surface area contributed by atoms with Crippen molar-refractivity contribution in [2.75, 3.05) is 18.9 Å². The summed E-state index contributed by atoms with van der Waals surface area (Å²) in [6, 6.07) is 15.4. The molecule has 0 saturated carbocycles. The van der Waals surface area contributed by atoms with Crippen molar-refractivity contribution in [2.24, 2.45) is 0 Å². The van der Waals surface area contributed by atoms with Crippen LogP contribution in [0.1, 0.15) is 25.0 Å². The second-order valence-corrected chi connectivity index (χ2v) is 8.53. The zero-order valence-corrected chi connectivity index (χ0v) is 18.9. The molecule has 3 rings (SSSR count). The highest BCUT2D eigenvalue weighted by molar-refractivity contribution is 8.00. The number of aryl methyl sites for hydroxylation is 2. The van der Waals surface area contributed by atoms with E-state index in [2.05, 4.69) is 20.8 Å². The van der Waals surface area contributed by atoms with Gasteiger partial charge in [0, 0.05) is 12.7 Å². The van der Waals surface area contributed by atoms with Crippen LogP contribution in [-0.2, 0) is 16.0 Å². The van der Waals surface area contributed by atoms with Gasteiger partial charge in [-0.25, -0.2) is 0 Å². The zero-order chi connectivity index (χ0) is 22.4. The Morgan fingerprint density at radius 2 is 1.87 bits per heavy atom. The van der Waals surface area contributed by atoms with E-state index in [4.69, 9.17) is 0 Å². The standard InChI is InChI=1S/C22H26N6O2S/c1-5-17-8-6-7-9-19(17)23-20(29)14-27(4)21(30)16(3)31-22-24-25-26-28(22)18-12-10-15(2)11-13-18/h6-13,16H,5,14H2,1-4H3,(H,23,29). The molecular weight excluding hydrogens is 412 g/mol. The fourth-order valence-corrected chi connectivity index (χ4v) is 3.98. The molecule has 162 valence electrons.